The highest BCUT2D eigenvalue weighted by Gasteiger charge is 2.23. The van der Waals surface area contributed by atoms with Crippen LogP contribution in [-0.2, 0) is 17.8 Å². The molecule has 1 atom stereocenters. The third-order valence-corrected chi connectivity index (χ3v) is 4.99. The van der Waals surface area contributed by atoms with Gasteiger partial charge in [0.2, 0.25) is 5.91 Å². The number of primary amides is 1. The molecule has 30 heavy (non-hydrogen) atoms. The maximum atomic E-state index is 13.1. The van der Waals surface area contributed by atoms with Gasteiger partial charge in [0.05, 0.1) is 5.39 Å². The van der Waals surface area contributed by atoms with Gasteiger partial charge in [0.25, 0.3) is 11.5 Å². The molecule has 0 bridgehead atoms. The van der Waals surface area contributed by atoms with Crippen molar-refractivity contribution in [2.24, 2.45) is 5.73 Å². The van der Waals surface area contributed by atoms with E-state index in [1.807, 2.05) is 30.3 Å². The standard InChI is InChI=1S/C23H26N4O3/c1-2-3-9-14-27-23(30)18-13-8-7-12-17(18)20(26-27)22(29)25-19(21(24)28)15-16-10-5-4-6-11-16/h4-8,10-13,19H,2-3,9,14-15H2,1H3,(H2,24,28)(H,25,29). The van der Waals surface area contributed by atoms with E-state index in [2.05, 4.69) is 17.3 Å². The molecule has 156 valence electrons. The molecule has 1 aromatic heterocycles. The van der Waals surface area contributed by atoms with E-state index in [4.69, 9.17) is 5.73 Å². The number of aromatic nitrogens is 2. The molecule has 2 amide bonds. The van der Waals surface area contributed by atoms with Gasteiger partial charge in [-0.1, -0.05) is 68.3 Å². The number of nitrogens with two attached hydrogens (primary N) is 1. The van der Waals surface area contributed by atoms with Crippen molar-refractivity contribution < 1.29 is 9.59 Å². The maximum absolute atomic E-state index is 13.1. The van der Waals surface area contributed by atoms with Crippen molar-refractivity contribution in [2.45, 2.75) is 45.2 Å². The molecule has 3 rings (SSSR count). The molecule has 0 saturated heterocycles. The summed E-state index contributed by atoms with van der Waals surface area (Å²) in [7, 11) is 0. The average Bonchev–Trinajstić information content (AvgIpc) is 2.75. The number of nitrogens with one attached hydrogen (secondary N) is 1. The molecule has 7 nitrogen and oxygen atoms in total. The number of aryl methyl sites for hydroxylation is 1. The fraction of sp³-hybridized carbons (Fsp3) is 0.304. The molecule has 0 fully saturated rings. The molecule has 3 N–H and O–H groups in total. The number of hydrogen-bond acceptors (Lipinski definition) is 4. The number of unbranched alkanes of at least 4 members (excludes halogenated alkanes) is 2. The third kappa shape index (κ3) is 4.92. The molecule has 2 aromatic carbocycles. The van der Waals surface area contributed by atoms with E-state index in [9.17, 15) is 14.4 Å². The molecule has 1 unspecified atom stereocenters. The minimum absolute atomic E-state index is 0.112. The molecule has 1 heterocycles. The highest BCUT2D eigenvalue weighted by Crippen LogP contribution is 2.14. The second-order valence-corrected chi connectivity index (χ2v) is 7.25. The predicted molar refractivity (Wildman–Crippen MR) is 116 cm³/mol. The summed E-state index contributed by atoms with van der Waals surface area (Å²) in [5.74, 6) is -1.16. The Kier molecular flexibility index (Phi) is 6.95. The Morgan fingerprint density at radius 2 is 1.70 bits per heavy atom. The summed E-state index contributed by atoms with van der Waals surface area (Å²) in [6.45, 7) is 2.51. The molecular weight excluding hydrogens is 380 g/mol. The Morgan fingerprint density at radius 3 is 2.37 bits per heavy atom. The zero-order chi connectivity index (χ0) is 21.5. The van der Waals surface area contributed by atoms with Crippen molar-refractivity contribution >= 4 is 22.6 Å². The van der Waals surface area contributed by atoms with Gasteiger partial charge in [-0.2, -0.15) is 5.10 Å². The van der Waals surface area contributed by atoms with Gasteiger partial charge in [0, 0.05) is 18.4 Å². The Labute approximate surface area is 174 Å². The van der Waals surface area contributed by atoms with Crippen molar-refractivity contribution in [2.75, 3.05) is 0 Å². The van der Waals surface area contributed by atoms with Crippen LogP contribution in [0.1, 0.15) is 42.2 Å². The molecule has 0 saturated carbocycles. The van der Waals surface area contributed by atoms with Gasteiger partial charge in [0.15, 0.2) is 5.69 Å². The lowest BCUT2D eigenvalue weighted by Gasteiger charge is -2.17. The molecule has 0 aliphatic heterocycles. The second kappa shape index (κ2) is 9.82. The van der Waals surface area contributed by atoms with Gasteiger partial charge in [-0.25, -0.2) is 4.68 Å². The van der Waals surface area contributed by atoms with Crippen molar-refractivity contribution in [1.29, 1.82) is 0 Å². The first-order valence-electron chi connectivity index (χ1n) is 10.1. The van der Waals surface area contributed by atoms with Crippen LogP contribution in [0.5, 0.6) is 0 Å². The van der Waals surface area contributed by atoms with Gasteiger partial charge in [-0.15, -0.1) is 0 Å². The zero-order valence-corrected chi connectivity index (χ0v) is 17.0. The Hall–Kier alpha value is -3.48. The average molecular weight is 406 g/mol. The highest BCUT2D eigenvalue weighted by atomic mass is 16.2. The van der Waals surface area contributed by atoms with E-state index < -0.39 is 17.9 Å². The van der Waals surface area contributed by atoms with Gasteiger partial charge >= 0.3 is 0 Å². The van der Waals surface area contributed by atoms with Gasteiger partial charge < -0.3 is 11.1 Å². The lowest BCUT2D eigenvalue weighted by Crippen LogP contribution is -2.46. The van der Waals surface area contributed by atoms with Crippen molar-refractivity contribution in [3.63, 3.8) is 0 Å². The van der Waals surface area contributed by atoms with E-state index in [1.54, 1.807) is 24.3 Å². The Morgan fingerprint density at radius 1 is 1.03 bits per heavy atom. The summed E-state index contributed by atoms with van der Waals surface area (Å²) in [6.07, 6.45) is 3.04. The van der Waals surface area contributed by atoms with Crippen LogP contribution < -0.4 is 16.6 Å². The first kappa shape index (κ1) is 21.2. The molecule has 0 aliphatic carbocycles. The number of fused-ring (bicyclic) bond motifs is 1. The number of carbonyl (C=O) groups is 2. The van der Waals surface area contributed by atoms with Crippen LogP contribution in [0, 0.1) is 0 Å². The fourth-order valence-electron chi connectivity index (χ4n) is 3.37. The van der Waals surface area contributed by atoms with Gasteiger partial charge in [-0.3, -0.25) is 14.4 Å². The third-order valence-electron chi connectivity index (χ3n) is 4.99. The van der Waals surface area contributed by atoms with Gasteiger partial charge in [-0.05, 0) is 18.1 Å². The highest BCUT2D eigenvalue weighted by molar-refractivity contribution is 6.06. The lowest BCUT2D eigenvalue weighted by atomic mass is 10.0. The number of rotatable bonds is 9. The monoisotopic (exact) mass is 406 g/mol. The van der Waals surface area contributed by atoms with Crippen LogP contribution in [-0.4, -0.2) is 27.6 Å². The predicted octanol–water partition coefficient (Wildman–Crippen LogP) is 2.41. The number of benzene rings is 2. The molecule has 3 aromatic rings. The van der Waals surface area contributed by atoms with Crippen LogP contribution >= 0.6 is 0 Å². The summed E-state index contributed by atoms with van der Waals surface area (Å²) < 4.78 is 1.34. The second-order valence-electron chi connectivity index (χ2n) is 7.25. The summed E-state index contributed by atoms with van der Waals surface area (Å²) in [5.41, 5.74) is 6.29. The van der Waals surface area contributed by atoms with Crippen LogP contribution in [0.15, 0.2) is 59.4 Å². The Bertz CT molecular complexity index is 1090. The SMILES string of the molecule is CCCCCn1nc(C(=O)NC(Cc2ccccc2)C(N)=O)c2ccccc2c1=O. The first-order chi connectivity index (χ1) is 14.5. The minimum Gasteiger partial charge on any atom is -0.368 e. The lowest BCUT2D eigenvalue weighted by molar-refractivity contribution is -0.119. The Balaban J connectivity index is 1.93. The largest absolute Gasteiger partial charge is 0.368 e. The van der Waals surface area contributed by atoms with Crippen LogP contribution in [0.4, 0.5) is 0 Å². The van der Waals surface area contributed by atoms with Crippen molar-refractivity contribution in [3.05, 3.63) is 76.2 Å². The van der Waals surface area contributed by atoms with Crippen LogP contribution in [0.25, 0.3) is 10.8 Å². The quantitative estimate of drug-likeness (QED) is 0.532. The molecule has 7 heteroatoms. The zero-order valence-electron chi connectivity index (χ0n) is 17.0. The maximum Gasteiger partial charge on any atom is 0.274 e. The topological polar surface area (TPSA) is 107 Å². The summed E-state index contributed by atoms with van der Waals surface area (Å²) >= 11 is 0. The minimum atomic E-state index is -0.888. The summed E-state index contributed by atoms with van der Waals surface area (Å²) in [6, 6.07) is 15.3. The number of hydrogen-bond donors (Lipinski definition) is 2. The fourth-order valence-corrected chi connectivity index (χ4v) is 3.37. The molecular formula is C23H26N4O3. The normalized spacial score (nSPS) is 11.9. The molecule has 0 aliphatic rings. The number of carbonyl (C=O) groups excluding carboxylic acids is 2. The smallest absolute Gasteiger partial charge is 0.274 e. The summed E-state index contributed by atoms with van der Waals surface area (Å²) in [4.78, 5) is 37.8. The van der Waals surface area contributed by atoms with Gasteiger partial charge in [0.1, 0.15) is 6.04 Å². The van der Waals surface area contributed by atoms with E-state index in [0.29, 0.717) is 17.3 Å². The van der Waals surface area contributed by atoms with Crippen molar-refractivity contribution in [3.8, 4) is 0 Å². The van der Waals surface area contributed by atoms with E-state index >= 15 is 0 Å². The molecule has 0 spiro atoms. The van der Waals surface area contributed by atoms with Crippen molar-refractivity contribution in [1.82, 2.24) is 15.1 Å². The van der Waals surface area contributed by atoms with E-state index in [-0.39, 0.29) is 17.7 Å². The first-order valence-corrected chi connectivity index (χ1v) is 10.1. The van der Waals surface area contributed by atoms with Crippen LogP contribution in [0.2, 0.25) is 0 Å². The van der Waals surface area contributed by atoms with E-state index in [0.717, 1.165) is 24.8 Å². The molecule has 0 radical (unpaired) electrons. The number of nitrogens with zero attached hydrogens (tertiary/aromatic N) is 2. The van der Waals surface area contributed by atoms with Crippen LogP contribution in [0.3, 0.4) is 0 Å². The summed E-state index contributed by atoms with van der Waals surface area (Å²) in [5, 5.41) is 7.90. The van der Waals surface area contributed by atoms with E-state index in [1.165, 1.54) is 4.68 Å². The number of amides is 2.